The van der Waals surface area contributed by atoms with E-state index in [-0.39, 0.29) is 11.3 Å². The largest absolute Gasteiger partial charge is 0.493 e. The number of hydrogen-bond acceptors (Lipinski definition) is 7. The van der Waals surface area contributed by atoms with E-state index in [4.69, 9.17) is 14.2 Å². The van der Waals surface area contributed by atoms with Crippen LogP contribution >= 0.6 is 0 Å². The third kappa shape index (κ3) is 5.41. The van der Waals surface area contributed by atoms with E-state index in [9.17, 15) is 24.1 Å². The molecule has 0 heterocycles. The molecule has 9 nitrogen and oxygen atoms in total. The second kappa shape index (κ2) is 9.49. The van der Waals surface area contributed by atoms with Gasteiger partial charge in [0.25, 0.3) is 5.91 Å². The van der Waals surface area contributed by atoms with E-state index < -0.39 is 34.4 Å². The number of esters is 1. The van der Waals surface area contributed by atoms with E-state index in [1.165, 1.54) is 32.2 Å². The fourth-order valence-electron chi connectivity index (χ4n) is 2.33. The first kappa shape index (κ1) is 21.6. The van der Waals surface area contributed by atoms with Crippen molar-refractivity contribution in [3.8, 4) is 11.5 Å². The molecule has 0 radical (unpaired) electrons. The SMILES string of the molecule is CCOc1cc(C(=O)OC(C)C(=O)Nc2ccc(F)c([N+](=O)[O-])c2)ccc1OC. The van der Waals surface area contributed by atoms with Crippen LogP contribution in [0.15, 0.2) is 36.4 Å². The Labute approximate surface area is 165 Å². The van der Waals surface area contributed by atoms with Gasteiger partial charge in [-0.25, -0.2) is 4.79 Å². The molecular weight excluding hydrogens is 387 g/mol. The molecular formula is C19H19FN2O7. The fraction of sp³-hybridized carbons (Fsp3) is 0.263. The Morgan fingerprint density at radius 2 is 1.93 bits per heavy atom. The topological polar surface area (TPSA) is 117 Å². The number of nitrogens with one attached hydrogen (secondary N) is 1. The zero-order chi connectivity index (χ0) is 21.6. The number of nitro groups is 1. The van der Waals surface area contributed by atoms with Crippen molar-refractivity contribution in [3.63, 3.8) is 0 Å². The smallest absolute Gasteiger partial charge is 0.339 e. The molecule has 0 saturated carbocycles. The maximum absolute atomic E-state index is 13.4. The van der Waals surface area contributed by atoms with Gasteiger partial charge in [-0.1, -0.05) is 0 Å². The third-order valence-electron chi connectivity index (χ3n) is 3.76. The molecule has 0 saturated heterocycles. The maximum atomic E-state index is 13.4. The van der Waals surface area contributed by atoms with Gasteiger partial charge < -0.3 is 19.5 Å². The van der Waals surface area contributed by atoms with Gasteiger partial charge in [0.1, 0.15) is 0 Å². The van der Waals surface area contributed by atoms with Gasteiger partial charge in [0, 0.05) is 11.8 Å². The summed E-state index contributed by atoms with van der Waals surface area (Å²) in [5, 5.41) is 13.1. The van der Waals surface area contributed by atoms with Crippen molar-refractivity contribution in [1.82, 2.24) is 0 Å². The van der Waals surface area contributed by atoms with Crippen LogP contribution < -0.4 is 14.8 Å². The summed E-state index contributed by atoms with van der Waals surface area (Å²) in [4.78, 5) is 34.4. The second-order valence-corrected chi connectivity index (χ2v) is 5.76. The first-order valence-electron chi connectivity index (χ1n) is 8.53. The van der Waals surface area contributed by atoms with Crippen LogP contribution in [0.1, 0.15) is 24.2 Å². The minimum atomic E-state index is -1.22. The predicted octanol–water partition coefficient (Wildman–Crippen LogP) is 3.33. The summed E-state index contributed by atoms with van der Waals surface area (Å²) in [7, 11) is 1.46. The normalized spacial score (nSPS) is 11.3. The fourth-order valence-corrected chi connectivity index (χ4v) is 2.33. The van der Waals surface area contributed by atoms with Crippen molar-refractivity contribution in [2.24, 2.45) is 0 Å². The minimum absolute atomic E-state index is 0.00548. The second-order valence-electron chi connectivity index (χ2n) is 5.76. The zero-order valence-corrected chi connectivity index (χ0v) is 15.9. The van der Waals surface area contributed by atoms with Gasteiger partial charge in [0.2, 0.25) is 5.82 Å². The number of anilines is 1. The lowest BCUT2D eigenvalue weighted by molar-refractivity contribution is -0.387. The number of nitrogens with zero attached hydrogens (tertiary/aromatic N) is 1. The van der Waals surface area contributed by atoms with Crippen molar-refractivity contribution in [3.05, 3.63) is 57.9 Å². The van der Waals surface area contributed by atoms with Crippen LogP contribution in [0.3, 0.4) is 0 Å². The summed E-state index contributed by atoms with van der Waals surface area (Å²) in [6.07, 6.45) is -1.22. The van der Waals surface area contributed by atoms with Crippen molar-refractivity contribution >= 4 is 23.3 Å². The van der Waals surface area contributed by atoms with Crippen LogP contribution in [0.25, 0.3) is 0 Å². The van der Waals surface area contributed by atoms with Crippen LogP contribution in [0.2, 0.25) is 0 Å². The average Bonchev–Trinajstić information content (AvgIpc) is 2.69. The van der Waals surface area contributed by atoms with Crippen LogP contribution in [-0.2, 0) is 9.53 Å². The van der Waals surface area contributed by atoms with Gasteiger partial charge >= 0.3 is 11.7 Å². The molecule has 0 aliphatic carbocycles. The van der Waals surface area contributed by atoms with E-state index in [0.717, 1.165) is 18.2 Å². The molecule has 0 spiro atoms. The number of benzene rings is 2. The number of nitro benzene ring substituents is 1. The number of hydrogen-bond donors (Lipinski definition) is 1. The number of halogens is 1. The lowest BCUT2D eigenvalue weighted by atomic mass is 10.2. The highest BCUT2D eigenvalue weighted by molar-refractivity contribution is 5.97. The van der Waals surface area contributed by atoms with Gasteiger partial charge in [0.15, 0.2) is 17.6 Å². The average molecular weight is 406 g/mol. The Bertz CT molecular complexity index is 933. The Morgan fingerprint density at radius 1 is 1.21 bits per heavy atom. The Balaban J connectivity index is 2.07. The van der Waals surface area contributed by atoms with E-state index in [2.05, 4.69) is 5.32 Å². The molecule has 10 heteroatoms. The highest BCUT2D eigenvalue weighted by atomic mass is 19.1. The summed E-state index contributed by atoms with van der Waals surface area (Å²) in [6, 6.07) is 7.31. The minimum Gasteiger partial charge on any atom is -0.493 e. The molecule has 0 bridgehead atoms. The van der Waals surface area contributed by atoms with Crippen molar-refractivity contribution in [2.75, 3.05) is 19.0 Å². The van der Waals surface area contributed by atoms with Crippen LogP contribution in [0.4, 0.5) is 15.8 Å². The molecule has 1 unspecified atom stereocenters. The molecule has 2 aromatic rings. The Hall–Kier alpha value is -3.69. The quantitative estimate of drug-likeness (QED) is 0.406. The maximum Gasteiger partial charge on any atom is 0.339 e. The molecule has 2 aromatic carbocycles. The summed E-state index contributed by atoms with van der Waals surface area (Å²) in [5.41, 5.74) is -0.644. The van der Waals surface area contributed by atoms with Crippen LogP contribution in [-0.4, -0.2) is 36.6 Å². The zero-order valence-electron chi connectivity index (χ0n) is 15.9. The number of amides is 1. The van der Waals surface area contributed by atoms with Gasteiger partial charge in [-0.15, -0.1) is 0 Å². The van der Waals surface area contributed by atoms with Gasteiger partial charge in [-0.2, -0.15) is 4.39 Å². The molecule has 1 atom stereocenters. The van der Waals surface area contributed by atoms with E-state index >= 15 is 0 Å². The standard InChI is InChI=1S/C19H19FN2O7/c1-4-28-17-9-12(5-8-16(17)27-3)19(24)29-11(2)18(23)21-13-6-7-14(20)15(10-13)22(25)26/h5-11H,4H2,1-3H3,(H,21,23). The van der Waals surface area contributed by atoms with Crippen molar-refractivity contribution < 1.29 is 33.1 Å². The van der Waals surface area contributed by atoms with E-state index in [1.54, 1.807) is 6.92 Å². The third-order valence-corrected chi connectivity index (χ3v) is 3.76. The summed E-state index contributed by atoms with van der Waals surface area (Å²) < 4.78 is 29.0. The van der Waals surface area contributed by atoms with Gasteiger partial charge in [-0.3, -0.25) is 14.9 Å². The number of rotatable bonds is 8. The van der Waals surface area contributed by atoms with Crippen molar-refractivity contribution in [2.45, 2.75) is 20.0 Å². The van der Waals surface area contributed by atoms with Crippen molar-refractivity contribution in [1.29, 1.82) is 0 Å². The number of carbonyl (C=O) groups excluding carboxylic acids is 2. The van der Waals surface area contributed by atoms with E-state index in [1.807, 2.05) is 0 Å². The molecule has 0 aliphatic rings. The number of methoxy groups -OCH3 is 1. The number of ether oxygens (including phenoxy) is 3. The first-order valence-corrected chi connectivity index (χ1v) is 8.53. The highest BCUT2D eigenvalue weighted by Gasteiger charge is 2.22. The molecule has 154 valence electrons. The molecule has 2 rings (SSSR count). The lowest BCUT2D eigenvalue weighted by Gasteiger charge is -2.15. The van der Waals surface area contributed by atoms with Gasteiger partial charge in [0.05, 0.1) is 24.2 Å². The van der Waals surface area contributed by atoms with Crippen LogP contribution in [0.5, 0.6) is 11.5 Å². The Morgan fingerprint density at radius 3 is 2.55 bits per heavy atom. The Kier molecular flexibility index (Phi) is 7.07. The number of carbonyl (C=O) groups is 2. The van der Waals surface area contributed by atoms with E-state index in [0.29, 0.717) is 18.1 Å². The summed E-state index contributed by atoms with van der Waals surface area (Å²) in [6.45, 7) is 3.46. The highest BCUT2D eigenvalue weighted by Crippen LogP contribution is 2.28. The first-order chi connectivity index (χ1) is 13.8. The molecule has 1 amide bonds. The molecule has 29 heavy (non-hydrogen) atoms. The molecule has 1 N–H and O–H groups in total. The monoisotopic (exact) mass is 406 g/mol. The molecule has 0 aliphatic heterocycles. The molecule has 0 fully saturated rings. The summed E-state index contributed by atoms with van der Waals surface area (Å²) in [5.74, 6) is -1.76. The lowest BCUT2D eigenvalue weighted by Crippen LogP contribution is -2.30. The van der Waals surface area contributed by atoms with Gasteiger partial charge in [-0.05, 0) is 44.2 Å². The molecule has 0 aromatic heterocycles. The predicted molar refractivity (Wildman–Crippen MR) is 101 cm³/mol. The van der Waals surface area contributed by atoms with Crippen LogP contribution in [0, 0.1) is 15.9 Å². The summed E-state index contributed by atoms with van der Waals surface area (Å²) >= 11 is 0.